The van der Waals surface area contributed by atoms with Crippen molar-refractivity contribution in [3.63, 3.8) is 0 Å². The van der Waals surface area contributed by atoms with E-state index in [0.717, 1.165) is 6.42 Å². The first kappa shape index (κ1) is 17.0. The molecule has 1 aliphatic carbocycles. The molecule has 0 N–H and O–H groups in total. The highest BCUT2D eigenvalue weighted by molar-refractivity contribution is 5.76. The van der Waals surface area contributed by atoms with Gasteiger partial charge in [0, 0.05) is 17.8 Å². The van der Waals surface area contributed by atoms with Crippen molar-refractivity contribution in [3.05, 3.63) is 161 Å². The Morgan fingerprint density at radius 3 is 1.46 bits per heavy atom. The summed E-state index contributed by atoms with van der Waals surface area (Å²) < 4.78 is 0. The molecular formula is C28H21. The van der Waals surface area contributed by atoms with Crippen molar-refractivity contribution < 1.29 is 0 Å². The Morgan fingerprint density at radius 2 is 0.857 bits per heavy atom. The Balaban J connectivity index is 1.68. The van der Waals surface area contributed by atoms with Crippen LogP contribution in [0.25, 0.3) is 0 Å². The largest absolute Gasteiger partial charge is 0.0622 e. The molecule has 0 saturated carbocycles. The summed E-state index contributed by atoms with van der Waals surface area (Å²) in [6.45, 7) is 0. The van der Waals surface area contributed by atoms with E-state index >= 15 is 0 Å². The zero-order chi connectivity index (χ0) is 18.8. The number of hydrogen-bond donors (Lipinski definition) is 0. The highest BCUT2D eigenvalue weighted by Crippen LogP contribution is 2.53. The number of rotatable bonds is 4. The van der Waals surface area contributed by atoms with Gasteiger partial charge in [0.15, 0.2) is 0 Å². The Labute approximate surface area is 167 Å². The Kier molecular flexibility index (Phi) is 4.54. The normalized spacial score (nSPS) is 14.9. The lowest BCUT2D eigenvalue weighted by molar-refractivity contribution is 0.956. The van der Waals surface area contributed by atoms with Crippen LogP contribution in [0.15, 0.2) is 115 Å². The number of hydrogen-bond acceptors (Lipinski definition) is 0. The Bertz CT molecular complexity index is 1030. The van der Waals surface area contributed by atoms with E-state index in [1.165, 1.54) is 45.6 Å². The molecule has 0 unspecified atom stereocenters. The molecule has 0 heteroatoms. The molecule has 0 atom stereocenters. The van der Waals surface area contributed by atoms with Crippen LogP contribution >= 0.6 is 0 Å². The molecule has 4 aromatic rings. The van der Waals surface area contributed by atoms with Gasteiger partial charge in [-0.05, 0) is 34.2 Å². The third-order valence-electron chi connectivity index (χ3n) is 5.42. The van der Waals surface area contributed by atoms with Gasteiger partial charge in [0.25, 0.3) is 0 Å². The highest BCUT2D eigenvalue weighted by Gasteiger charge is 2.43. The number of benzene rings is 4. The second-order valence-corrected chi connectivity index (χ2v) is 7.17. The van der Waals surface area contributed by atoms with Crippen molar-refractivity contribution in [1.29, 1.82) is 0 Å². The lowest BCUT2D eigenvalue weighted by Crippen LogP contribution is -2.16. The van der Waals surface area contributed by atoms with Gasteiger partial charge >= 0.3 is 0 Å². The van der Waals surface area contributed by atoms with E-state index in [9.17, 15) is 0 Å². The van der Waals surface area contributed by atoms with Crippen molar-refractivity contribution in [2.45, 2.75) is 6.42 Å². The molecule has 0 fully saturated rings. The lowest BCUT2D eigenvalue weighted by Gasteiger charge is -2.25. The number of fused-ring (bicyclic) bond motifs is 1. The Morgan fingerprint density at radius 1 is 0.393 bits per heavy atom. The maximum Gasteiger partial charge on any atom is 0.0467 e. The van der Waals surface area contributed by atoms with Crippen LogP contribution in [0.3, 0.4) is 0 Å². The van der Waals surface area contributed by atoms with Gasteiger partial charge in [-0.3, -0.25) is 0 Å². The van der Waals surface area contributed by atoms with Crippen LogP contribution in [-0.4, -0.2) is 0 Å². The molecule has 4 aromatic carbocycles. The predicted octanol–water partition coefficient (Wildman–Crippen LogP) is 6.46. The second kappa shape index (κ2) is 7.48. The van der Waals surface area contributed by atoms with Gasteiger partial charge in [0.1, 0.15) is 0 Å². The average Bonchev–Trinajstić information content (AvgIpc) is 3.10. The van der Waals surface area contributed by atoms with E-state index in [4.69, 9.17) is 0 Å². The van der Waals surface area contributed by atoms with Crippen LogP contribution in [-0.2, 0) is 6.42 Å². The zero-order valence-electron chi connectivity index (χ0n) is 15.7. The van der Waals surface area contributed by atoms with Crippen LogP contribution < -0.4 is 0 Å². The molecule has 0 spiro atoms. The Hall–Kier alpha value is -3.12. The molecular weight excluding hydrogens is 336 g/mol. The average molecular weight is 357 g/mol. The molecule has 0 nitrogen and oxygen atoms in total. The lowest BCUT2D eigenvalue weighted by atomic mass is 9.76. The predicted molar refractivity (Wildman–Crippen MR) is 116 cm³/mol. The van der Waals surface area contributed by atoms with Crippen LogP contribution in [0.5, 0.6) is 0 Å². The van der Waals surface area contributed by atoms with Crippen molar-refractivity contribution in [3.8, 4) is 0 Å². The van der Waals surface area contributed by atoms with Crippen LogP contribution in [0, 0.1) is 17.8 Å². The molecule has 0 saturated heterocycles. The minimum atomic E-state index is 0.929. The smallest absolute Gasteiger partial charge is 0.0467 e. The minimum absolute atomic E-state index is 0.929. The van der Waals surface area contributed by atoms with Gasteiger partial charge in [-0.1, -0.05) is 115 Å². The van der Waals surface area contributed by atoms with Crippen LogP contribution in [0.2, 0.25) is 0 Å². The first-order chi connectivity index (χ1) is 13.9. The van der Waals surface area contributed by atoms with Gasteiger partial charge in [-0.15, -0.1) is 0 Å². The van der Waals surface area contributed by atoms with E-state index in [1.807, 2.05) is 0 Å². The van der Waals surface area contributed by atoms with E-state index in [1.54, 1.807) is 0 Å². The van der Waals surface area contributed by atoms with Crippen molar-refractivity contribution in [2.75, 3.05) is 0 Å². The first-order valence-corrected chi connectivity index (χ1v) is 9.77. The fraction of sp³-hybridized carbons (Fsp3) is 0.0357. The molecule has 5 rings (SSSR count). The molecule has 133 valence electrons. The molecule has 3 radical (unpaired) electrons. The summed E-state index contributed by atoms with van der Waals surface area (Å²) in [5.41, 5.74) is 6.58. The van der Waals surface area contributed by atoms with Crippen LogP contribution in [0.1, 0.15) is 27.8 Å². The highest BCUT2D eigenvalue weighted by atomic mass is 14.4. The standard InChI is InChI=1S/C28H21/c1-4-12-21(13-5-1)20-26-24-18-10-11-19-25(24)27(22-14-6-2-7-15-22)28(26)23-16-8-3-9-17-23/h1-19H,20H2. The fourth-order valence-corrected chi connectivity index (χ4v) is 4.20. The molecule has 0 aliphatic heterocycles. The molecule has 0 amide bonds. The van der Waals surface area contributed by atoms with Gasteiger partial charge in [0.2, 0.25) is 0 Å². The quantitative estimate of drug-likeness (QED) is 0.393. The van der Waals surface area contributed by atoms with Crippen molar-refractivity contribution >= 4 is 0 Å². The molecule has 1 aliphatic rings. The van der Waals surface area contributed by atoms with Gasteiger partial charge in [-0.25, -0.2) is 0 Å². The third-order valence-corrected chi connectivity index (χ3v) is 5.42. The van der Waals surface area contributed by atoms with E-state index in [-0.39, 0.29) is 0 Å². The topological polar surface area (TPSA) is 0 Å². The van der Waals surface area contributed by atoms with Crippen molar-refractivity contribution in [1.82, 2.24) is 0 Å². The van der Waals surface area contributed by atoms with Crippen molar-refractivity contribution in [2.24, 2.45) is 0 Å². The molecule has 0 heterocycles. The molecule has 28 heavy (non-hydrogen) atoms. The molecule has 0 bridgehead atoms. The summed E-state index contributed by atoms with van der Waals surface area (Å²) in [4.78, 5) is 0. The maximum absolute atomic E-state index is 2.27. The van der Waals surface area contributed by atoms with Gasteiger partial charge < -0.3 is 0 Å². The summed E-state index contributed by atoms with van der Waals surface area (Å²) in [6, 6.07) is 41.2. The van der Waals surface area contributed by atoms with E-state index < -0.39 is 0 Å². The minimum Gasteiger partial charge on any atom is -0.0622 e. The maximum atomic E-state index is 2.27. The fourth-order valence-electron chi connectivity index (χ4n) is 4.20. The second-order valence-electron chi connectivity index (χ2n) is 7.17. The van der Waals surface area contributed by atoms with Gasteiger partial charge in [-0.2, -0.15) is 0 Å². The summed E-state index contributed by atoms with van der Waals surface area (Å²) >= 11 is 0. The summed E-state index contributed by atoms with van der Waals surface area (Å²) in [6.07, 6.45) is 0.929. The SMILES string of the molecule is c1ccc(C[C]2[C](c3ccccc3)[C](c3ccccc3)c3ccccc32)cc1. The van der Waals surface area contributed by atoms with Gasteiger partial charge in [0.05, 0.1) is 0 Å². The third kappa shape index (κ3) is 3.05. The zero-order valence-corrected chi connectivity index (χ0v) is 15.7. The van der Waals surface area contributed by atoms with Crippen LogP contribution in [0.4, 0.5) is 0 Å². The summed E-state index contributed by atoms with van der Waals surface area (Å²) in [5.74, 6) is 4.11. The van der Waals surface area contributed by atoms with E-state index in [0.29, 0.717) is 0 Å². The first-order valence-electron chi connectivity index (χ1n) is 9.77. The monoisotopic (exact) mass is 357 g/mol. The molecule has 0 aromatic heterocycles. The van der Waals surface area contributed by atoms with E-state index in [2.05, 4.69) is 115 Å². The summed E-state index contributed by atoms with van der Waals surface area (Å²) in [7, 11) is 0. The summed E-state index contributed by atoms with van der Waals surface area (Å²) in [5, 5.41) is 0.